The van der Waals surface area contributed by atoms with E-state index in [2.05, 4.69) is 15.0 Å². The van der Waals surface area contributed by atoms with E-state index in [1.54, 1.807) is 36.7 Å². The molecule has 1 unspecified atom stereocenters. The van der Waals surface area contributed by atoms with Gasteiger partial charge < -0.3 is 10.8 Å². The Hall–Kier alpha value is -2.24. The van der Waals surface area contributed by atoms with Crippen LogP contribution < -0.4 is 5.73 Å². The molecule has 0 aliphatic rings. The van der Waals surface area contributed by atoms with E-state index in [1.165, 1.54) is 6.20 Å². The Morgan fingerprint density at radius 2 is 1.80 bits per heavy atom. The number of rotatable bonds is 2. The van der Waals surface area contributed by atoms with Crippen molar-refractivity contribution in [2.24, 2.45) is 0 Å². The number of nitrogens with two attached hydrogens (primary N) is 1. The third-order valence-electron chi connectivity index (χ3n) is 3.02. The van der Waals surface area contributed by atoms with Gasteiger partial charge in [0.05, 0.1) is 16.1 Å². The van der Waals surface area contributed by atoms with E-state index >= 15 is 0 Å². The Morgan fingerprint density at radius 1 is 1.05 bits per heavy atom. The number of nitrogens with zero attached hydrogens (tertiary/aromatic N) is 3. The SMILES string of the molecule is Nc1ncc(Cl)cc1C(O)c1ccc2nccnc2c1. The fourth-order valence-corrected chi connectivity index (χ4v) is 2.18. The van der Waals surface area contributed by atoms with Crippen molar-refractivity contribution in [3.8, 4) is 0 Å². The molecule has 0 radical (unpaired) electrons. The third kappa shape index (κ3) is 2.29. The standard InChI is InChI=1S/C14H11ClN4O/c15-9-6-10(14(16)19-7-9)13(20)8-1-2-11-12(5-8)18-4-3-17-11/h1-7,13,20H,(H2,16,19). The first kappa shape index (κ1) is 12.8. The number of anilines is 1. The predicted octanol–water partition coefficient (Wildman–Crippen LogP) is 2.34. The summed E-state index contributed by atoms with van der Waals surface area (Å²) in [5.74, 6) is 0.251. The second-order valence-electron chi connectivity index (χ2n) is 4.34. The molecule has 6 heteroatoms. The summed E-state index contributed by atoms with van der Waals surface area (Å²) in [6.45, 7) is 0. The number of pyridine rings is 1. The summed E-state index contributed by atoms with van der Waals surface area (Å²) in [6, 6.07) is 6.96. The van der Waals surface area contributed by atoms with Crippen LogP contribution in [0.4, 0.5) is 5.82 Å². The molecule has 2 heterocycles. The van der Waals surface area contributed by atoms with Gasteiger partial charge in [-0.15, -0.1) is 0 Å². The Labute approximate surface area is 120 Å². The van der Waals surface area contributed by atoms with Crippen LogP contribution in [-0.2, 0) is 0 Å². The number of aliphatic hydroxyl groups excluding tert-OH is 1. The Balaban J connectivity index is 2.07. The first-order chi connectivity index (χ1) is 9.65. The highest BCUT2D eigenvalue weighted by Gasteiger charge is 2.15. The van der Waals surface area contributed by atoms with Crippen LogP contribution in [0, 0.1) is 0 Å². The van der Waals surface area contributed by atoms with E-state index in [0.717, 1.165) is 5.52 Å². The fraction of sp³-hybridized carbons (Fsp3) is 0.0714. The number of aromatic nitrogens is 3. The molecular formula is C14H11ClN4O. The van der Waals surface area contributed by atoms with Gasteiger partial charge in [0.25, 0.3) is 0 Å². The number of nitrogen functional groups attached to an aromatic ring is 1. The van der Waals surface area contributed by atoms with Crippen molar-refractivity contribution in [3.05, 3.63) is 59.0 Å². The van der Waals surface area contributed by atoms with E-state index in [0.29, 0.717) is 21.7 Å². The minimum absolute atomic E-state index is 0.251. The number of benzene rings is 1. The molecule has 0 amide bonds. The van der Waals surface area contributed by atoms with Gasteiger partial charge in [0.2, 0.25) is 0 Å². The van der Waals surface area contributed by atoms with Gasteiger partial charge in [-0.05, 0) is 23.8 Å². The molecule has 0 saturated carbocycles. The van der Waals surface area contributed by atoms with Crippen LogP contribution in [0.1, 0.15) is 17.2 Å². The molecule has 2 aromatic heterocycles. The molecule has 0 bridgehead atoms. The van der Waals surface area contributed by atoms with Gasteiger partial charge in [0, 0.05) is 24.2 Å². The Bertz CT molecular complexity index is 778. The summed E-state index contributed by atoms with van der Waals surface area (Å²) in [5, 5.41) is 10.9. The highest BCUT2D eigenvalue weighted by atomic mass is 35.5. The highest BCUT2D eigenvalue weighted by molar-refractivity contribution is 6.30. The van der Waals surface area contributed by atoms with Crippen molar-refractivity contribution in [1.29, 1.82) is 0 Å². The molecule has 1 aromatic carbocycles. The summed E-state index contributed by atoms with van der Waals surface area (Å²) in [7, 11) is 0. The highest BCUT2D eigenvalue weighted by Crippen LogP contribution is 2.28. The first-order valence-electron chi connectivity index (χ1n) is 5.95. The summed E-state index contributed by atoms with van der Waals surface area (Å²) < 4.78 is 0. The van der Waals surface area contributed by atoms with Crippen molar-refractivity contribution in [2.45, 2.75) is 6.10 Å². The van der Waals surface area contributed by atoms with Crippen LogP contribution in [0.15, 0.2) is 42.9 Å². The van der Waals surface area contributed by atoms with Gasteiger partial charge in [-0.3, -0.25) is 9.97 Å². The lowest BCUT2D eigenvalue weighted by Crippen LogP contribution is -2.05. The average Bonchev–Trinajstić information content (AvgIpc) is 2.48. The first-order valence-corrected chi connectivity index (χ1v) is 6.32. The number of hydrogen-bond donors (Lipinski definition) is 2. The van der Waals surface area contributed by atoms with Crippen molar-refractivity contribution in [1.82, 2.24) is 15.0 Å². The lowest BCUT2D eigenvalue weighted by molar-refractivity contribution is 0.221. The number of aliphatic hydroxyl groups is 1. The van der Waals surface area contributed by atoms with Crippen molar-refractivity contribution >= 4 is 28.5 Å². The zero-order chi connectivity index (χ0) is 14.1. The summed E-state index contributed by atoms with van der Waals surface area (Å²) in [5.41, 5.74) is 8.39. The molecule has 0 aliphatic heterocycles. The molecule has 0 aliphatic carbocycles. The molecule has 0 saturated heterocycles. The van der Waals surface area contributed by atoms with E-state index in [1.807, 2.05) is 0 Å². The van der Waals surface area contributed by atoms with Crippen molar-refractivity contribution in [2.75, 3.05) is 5.73 Å². The largest absolute Gasteiger partial charge is 0.384 e. The molecule has 1 atom stereocenters. The topological polar surface area (TPSA) is 84.9 Å². The van der Waals surface area contributed by atoms with Crippen LogP contribution in [0.3, 0.4) is 0 Å². The smallest absolute Gasteiger partial charge is 0.129 e. The maximum atomic E-state index is 10.4. The van der Waals surface area contributed by atoms with Gasteiger partial charge in [0.1, 0.15) is 11.9 Å². The Kier molecular flexibility index (Phi) is 3.22. The van der Waals surface area contributed by atoms with Gasteiger partial charge >= 0.3 is 0 Å². The van der Waals surface area contributed by atoms with E-state index < -0.39 is 6.10 Å². The minimum Gasteiger partial charge on any atom is -0.384 e. The Morgan fingerprint density at radius 3 is 2.60 bits per heavy atom. The number of fused-ring (bicyclic) bond motifs is 1. The summed E-state index contributed by atoms with van der Waals surface area (Å²) >= 11 is 5.89. The number of hydrogen-bond acceptors (Lipinski definition) is 5. The lowest BCUT2D eigenvalue weighted by atomic mass is 10.0. The summed E-state index contributed by atoms with van der Waals surface area (Å²) in [6.07, 6.45) is 3.76. The van der Waals surface area contributed by atoms with E-state index in [4.69, 9.17) is 17.3 Å². The van der Waals surface area contributed by atoms with Crippen LogP contribution in [0.25, 0.3) is 11.0 Å². The molecule has 3 rings (SSSR count). The van der Waals surface area contributed by atoms with Gasteiger partial charge in [-0.2, -0.15) is 0 Å². The van der Waals surface area contributed by atoms with E-state index in [9.17, 15) is 5.11 Å². The molecule has 5 nitrogen and oxygen atoms in total. The van der Waals surface area contributed by atoms with Crippen molar-refractivity contribution < 1.29 is 5.11 Å². The van der Waals surface area contributed by atoms with Crippen LogP contribution in [0.2, 0.25) is 5.02 Å². The average molecular weight is 287 g/mol. The second-order valence-corrected chi connectivity index (χ2v) is 4.77. The van der Waals surface area contributed by atoms with Crippen LogP contribution in [0.5, 0.6) is 0 Å². The number of halogens is 1. The maximum absolute atomic E-state index is 10.4. The molecule has 3 aromatic rings. The van der Waals surface area contributed by atoms with E-state index in [-0.39, 0.29) is 5.82 Å². The molecule has 0 fully saturated rings. The van der Waals surface area contributed by atoms with Crippen LogP contribution in [-0.4, -0.2) is 20.1 Å². The molecule has 20 heavy (non-hydrogen) atoms. The van der Waals surface area contributed by atoms with Gasteiger partial charge in [0.15, 0.2) is 0 Å². The fourth-order valence-electron chi connectivity index (χ4n) is 2.01. The molecule has 100 valence electrons. The summed E-state index contributed by atoms with van der Waals surface area (Å²) in [4.78, 5) is 12.3. The zero-order valence-electron chi connectivity index (χ0n) is 10.4. The lowest BCUT2D eigenvalue weighted by Gasteiger charge is -2.13. The maximum Gasteiger partial charge on any atom is 0.129 e. The molecule has 3 N–H and O–H groups in total. The monoisotopic (exact) mass is 286 g/mol. The minimum atomic E-state index is -0.910. The molecular weight excluding hydrogens is 276 g/mol. The second kappa shape index (κ2) is 5.03. The van der Waals surface area contributed by atoms with Gasteiger partial charge in [-0.25, -0.2) is 4.98 Å². The zero-order valence-corrected chi connectivity index (χ0v) is 11.1. The molecule has 0 spiro atoms. The quantitative estimate of drug-likeness (QED) is 0.755. The van der Waals surface area contributed by atoms with Crippen LogP contribution >= 0.6 is 11.6 Å². The predicted molar refractivity (Wildman–Crippen MR) is 77.3 cm³/mol. The van der Waals surface area contributed by atoms with Gasteiger partial charge in [-0.1, -0.05) is 17.7 Å². The normalized spacial score (nSPS) is 12.5. The van der Waals surface area contributed by atoms with Crippen molar-refractivity contribution in [3.63, 3.8) is 0 Å². The third-order valence-corrected chi connectivity index (χ3v) is 3.23.